The Balaban J connectivity index is 2.89. The number of rotatable bonds is 2. The fourth-order valence-electron chi connectivity index (χ4n) is 0.655. The van der Waals surface area contributed by atoms with Gasteiger partial charge in [-0.05, 0) is 17.7 Å². The van der Waals surface area contributed by atoms with Crippen LogP contribution in [0.2, 0.25) is 0 Å². The molecule has 0 saturated heterocycles. The highest BCUT2D eigenvalue weighted by atomic mass is 19.2. The van der Waals surface area contributed by atoms with E-state index in [1.807, 2.05) is 0 Å². The second kappa shape index (κ2) is 3.80. The molecule has 0 aliphatic carbocycles. The Labute approximate surface area is 68.5 Å². The Kier molecular flexibility index (Phi) is 2.74. The molecular weight excluding hydrogens is 164 g/mol. The van der Waals surface area contributed by atoms with E-state index in [0.717, 1.165) is 6.07 Å². The SMILES string of the molecule is CON=Cc1c[c]c(F)c(F)c1. The normalized spacial score (nSPS) is 10.6. The van der Waals surface area contributed by atoms with E-state index in [2.05, 4.69) is 16.1 Å². The molecule has 0 N–H and O–H groups in total. The molecule has 4 heteroatoms. The van der Waals surface area contributed by atoms with E-state index in [1.54, 1.807) is 0 Å². The van der Waals surface area contributed by atoms with Crippen LogP contribution in [0, 0.1) is 17.7 Å². The molecule has 2 nitrogen and oxygen atoms in total. The van der Waals surface area contributed by atoms with Crippen molar-refractivity contribution in [3.8, 4) is 0 Å². The van der Waals surface area contributed by atoms with Gasteiger partial charge < -0.3 is 4.84 Å². The van der Waals surface area contributed by atoms with Gasteiger partial charge in [-0.3, -0.25) is 0 Å². The van der Waals surface area contributed by atoms with Gasteiger partial charge in [0.1, 0.15) is 7.11 Å². The van der Waals surface area contributed by atoms with Crippen LogP contribution in [0.15, 0.2) is 17.3 Å². The van der Waals surface area contributed by atoms with E-state index >= 15 is 0 Å². The zero-order valence-electron chi connectivity index (χ0n) is 6.34. The Morgan fingerprint density at radius 2 is 2.33 bits per heavy atom. The molecule has 1 radical (unpaired) electrons. The lowest BCUT2D eigenvalue weighted by Gasteiger charge is -1.93. The first-order chi connectivity index (χ1) is 5.74. The van der Waals surface area contributed by atoms with Crippen molar-refractivity contribution in [3.63, 3.8) is 0 Å². The molecule has 0 fully saturated rings. The number of benzene rings is 1. The van der Waals surface area contributed by atoms with Gasteiger partial charge in [0, 0.05) is 6.07 Å². The van der Waals surface area contributed by atoms with Crippen molar-refractivity contribution in [1.82, 2.24) is 0 Å². The average molecular weight is 170 g/mol. The highest BCUT2D eigenvalue weighted by Gasteiger charge is 2.00. The highest BCUT2D eigenvalue weighted by Crippen LogP contribution is 2.05. The summed E-state index contributed by atoms with van der Waals surface area (Å²) >= 11 is 0. The lowest BCUT2D eigenvalue weighted by atomic mass is 10.2. The van der Waals surface area contributed by atoms with Crippen molar-refractivity contribution in [2.75, 3.05) is 7.11 Å². The van der Waals surface area contributed by atoms with Gasteiger partial charge in [-0.1, -0.05) is 5.16 Å². The maximum Gasteiger partial charge on any atom is 0.166 e. The van der Waals surface area contributed by atoms with Crippen LogP contribution in [-0.4, -0.2) is 13.3 Å². The van der Waals surface area contributed by atoms with Crippen LogP contribution in [0.5, 0.6) is 0 Å². The lowest BCUT2D eigenvalue weighted by molar-refractivity contribution is 0.215. The van der Waals surface area contributed by atoms with Crippen LogP contribution < -0.4 is 0 Å². The Bertz CT molecular complexity index is 299. The van der Waals surface area contributed by atoms with E-state index in [1.165, 1.54) is 19.4 Å². The van der Waals surface area contributed by atoms with Gasteiger partial charge in [-0.25, -0.2) is 8.78 Å². The molecule has 1 aromatic carbocycles. The molecule has 63 valence electrons. The first-order valence-electron chi connectivity index (χ1n) is 3.17. The van der Waals surface area contributed by atoms with Crippen LogP contribution in [0.4, 0.5) is 8.78 Å². The summed E-state index contributed by atoms with van der Waals surface area (Å²) in [6, 6.07) is 4.38. The van der Waals surface area contributed by atoms with Gasteiger partial charge in [-0.2, -0.15) is 0 Å². The smallest absolute Gasteiger partial charge is 0.166 e. The van der Waals surface area contributed by atoms with E-state index < -0.39 is 11.6 Å². The van der Waals surface area contributed by atoms with Crippen molar-refractivity contribution < 1.29 is 13.6 Å². The summed E-state index contributed by atoms with van der Waals surface area (Å²) in [5.41, 5.74) is 0.399. The van der Waals surface area contributed by atoms with E-state index in [4.69, 9.17) is 0 Å². The maximum absolute atomic E-state index is 12.5. The van der Waals surface area contributed by atoms with Crippen LogP contribution >= 0.6 is 0 Å². The monoisotopic (exact) mass is 170 g/mol. The zero-order chi connectivity index (χ0) is 8.97. The topological polar surface area (TPSA) is 21.6 Å². The molecule has 0 saturated carbocycles. The van der Waals surface area contributed by atoms with Crippen molar-refractivity contribution >= 4 is 6.21 Å². The minimum Gasteiger partial charge on any atom is -0.399 e. The highest BCUT2D eigenvalue weighted by molar-refractivity contribution is 5.78. The summed E-state index contributed by atoms with van der Waals surface area (Å²) in [5.74, 6) is -1.94. The fraction of sp³-hybridized carbons (Fsp3) is 0.125. The Hall–Kier alpha value is -1.45. The molecule has 0 aliphatic rings. The van der Waals surface area contributed by atoms with Crippen molar-refractivity contribution in [2.24, 2.45) is 5.16 Å². The molecular formula is C8H6F2NO. The van der Waals surface area contributed by atoms with Crippen molar-refractivity contribution in [2.45, 2.75) is 0 Å². The first kappa shape index (κ1) is 8.64. The molecule has 0 aromatic heterocycles. The molecule has 0 bridgehead atoms. The van der Waals surface area contributed by atoms with Crippen LogP contribution in [0.1, 0.15) is 5.56 Å². The predicted molar refractivity (Wildman–Crippen MR) is 39.8 cm³/mol. The number of nitrogens with zero attached hydrogens (tertiary/aromatic N) is 1. The second-order valence-electron chi connectivity index (χ2n) is 2.01. The second-order valence-corrected chi connectivity index (χ2v) is 2.01. The average Bonchev–Trinajstić information content (AvgIpc) is 2.07. The van der Waals surface area contributed by atoms with E-state index in [-0.39, 0.29) is 0 Å². The van der Waals surface area contributed by atoms with E-state index in [0.29, 0.717) is 5.56 Å². The maximum atomic E-state index is 12.5. The number of oxime groups is 1. The molecule has 1 rings (SSSR count). The molecule has 1 aromatic rings. The summed E-state index contributed by atoms with van der Waals surface area (Å²) in [5, 5.41) is 3.38. The van der Waals surface area contributed by atoms with Gasteiger partial charge in [0.2, 0.25) is 0 Å². The lowest BCUT2D eigenvalue weighted by Crippen LogP contribution is -1.88. The molecule has 0 atom stereocenters. The minimum absolute atomic E-state index is 0.399. The third kappa shape index (κ3) is 2.02. The summed E-state index contributed by atoms with van der Waals surface area (Å²) in [6.07, 6.45) is 1.26. The third-order valence-corrected chi connectivity index (χ3v) is 1.18. The van der Waals surface area contributed by atoms with Crippen LogP contribution in [0.25, 0.3) is 0 Å². The third-order valence-electron chi connectivity index (χ3n) is 1.18. The zero-order valence-corrected chi connectivity index (χ0v) is 6.34. The van der Waals surface area contributed by atoms with E-state index in [9.17, 15) is 8.78 Å². The van der Waals surface area contributed by atoms with Gasteiger partial charge in [0.05, 0.1) is 6.21 Å². The predicted octanol–water partition coefficient (Wildman–Crippen LogP) is 1.75. The molecule has 0 unspecified atom stereocenters. The van der Waals surface area contributed by atoms with Gasteiger partial charge in [0.25, 0.3) is 0 Å². The summed E-state index contributed by atoms with van der Waals surface area (Å²) in [4.78, 5) is 4.36. The molecule has 12 heavy (non-hydrogen) atoms. The molecule has 0 spiro atoms. The number of halogens is 2. The summed E-state index contributed by atoms with van der Waals surface area (Å²) in [7, 11) is 1.36. The van der Waals surface area contributed by atoms with Gasteiger partial charge in [0.15, 0.2) is 11.6 Å². The number of hydrogen-bond donors (Lipinski definition) is 0. The largest absolute Gasteiger partial charge is 0.399 e. The Morgan fingerprint density at radius 3 is 2.92 bits per heavy atom. The fourth-order valence-corrected chi connectivity index (χ4v) is 0.655. The summed E-state index contributed by atoms with van der Waals surface area (Å²) in [6.45, 7) is 0. The van der Waals surface area contributed by atoms with Crippen LogP contribution in [-0.2, 0) is 4.84 Å². The van der Waals surface area contributed by atoms with Crippen molar-refractivity contribution in [1.29, 1.82) is 0 Å². The first-order valence-corrected chi connectivity index (χ1v) is 3.17. The van der Waals surface area contributed by atoms with Crippen molar-refractivity contribution in [3.05, 3.63) is 35.4 Å². The molecule has 0 amide bonds. The van der Waals surface area contributed by atoms with Gasteiger partial charge in [-0.15, -0.1) is 0 Å². The quantitative estimate of drug-likeness (QED) is 0.489. The minimum atomic E-state index is -0.996. The molecule has 0 aliphatic heterocycles. The summed E-state index contributed by atoms with van der Waals surface area (Å²) < 4.78 is 24.8. The molecule has 0 heterocycles. The van der Waals surface area contributed by atoms with Gasteiger partial charge >= 0.3 is 0 Å². The number of hydrogen-bond acceptors (Lipinski definition) is 2. The van der Waals surface area contributed by atoms with Crippen LogP contribution in [0.3, 0.4) is 0 Å². The standard InChI is InChI=1S/C8H6F2NO/c1-12-11-5-6-2-3-7(9)8(10)4-6/h2,4-5H,1H3. The Morgan fingerprint density at radius 1 is 1.58 bits per heavy atom.